The van der Waals surface area contributed by atoms with Crippen molar-refractivity contribution < 1.29 is 27.5 Å². The van der Waals surface area contributed by atoms with E-state index in [0.29, 0.717) is 47.7 Å². The van der Waals surface area contributed by atoms with Crippen molar-refractivity contribution in [3.05, 3.63) is 53.4 Å². The summed E-state index contributed by atoms with van der Waals surface area (Å²) in [7, 11) is 3.25. The fourth-order valence-electron chi connectivity index (χ4n) is 2.62. The van der Waals surface area contributed by atoms with Crippen molar-refractivity contribution >= 4 is 11.6 Å². The van der Waals surface area contributed by atoms with Crippen LogP contribution in [0.3, 0.4) is 0 Å². The fraction of sp³-hybridized carbons (Fsp3) is 0.300. The van der Waals surface area contributed by atoms with E-state index in [0.717, 1.165) is 0 Å². The minimum Gasteiger partial charge on any atom is -0.493 e. The standard InChI is InChI=1S/C20H20ClF2N3O4/c1-26(8-9-28-15-5-3-4-14(21)11-15)12-18-24-19(25-30-18)13-6-7-16(29-20(22)23)17(10-13)27-2/h3-7,10-11,20H,8-9,12H2,1-2H3. The van der Waals surface area contributed by atoms with E-state index in [1.807, 2.05) is 24.1 Å². The van der Waals surface area contributed by atoms with Gasteiger partial charge in [-0.3, -0.25) is 4.90 Å². The number of benzene rings is 2. The summed E-state index contributed by atoms with van der Waals surface area (Å²) in [6, 6.07) is 11.6. The van der Waals surface area contributed by atoms with E-state index in [9.17, 15) is 8.78 Å². The first-order valence-electron chi connectivity index (χ1n) is 8.97. The van der Waals surface area contributed by atoms with Crippen LogP contribution >= 0.6 is 11.6 Å². The van der Waals surface area contributed by atoms with Gasteiger partial charge >= 0.3 is 6.61 Å². The van der Waals surface area contributed by atoms with E-state index in [2.05, 4.69) is 14.9 Å². The Morgan fingerprint density at radius 1 is 1.17 bits per heavy atom. The van der Waals surface area contributed by atoms with Gasteiger partial charge in [-0.1, -0.05) is 22.8 Å². The van der Waals surface area contributed by atoms with Crippen molar-refractivity contribution in [3.8, 4) is 28.6 Å². The van der Waals surface area contributed by atoms with Gasteiger partial charge in [0.1, 0.15) is 12.4 Å². The Hall–Kier alpha value is -2.91. The minimum absolute atomic E-state index is 0.0700. The third-order valence-electron chi connectivity index (χ3n) is 4.05. The van der Waals surface area contributed by atoms with E-state index >= 15 is 0 Å². The smallest absolute Gasteiger partial charge is 0.387 e. The molecule has 0 amide bonds. The highest BCUT2D eigenvalue weighted by Gasteiger charge is 2.15. The molecule has 1 heterocycles. The normalized spacial score (nSPS) is 11.2. The second-order valence-electron chi connectivity index (χ2n) is 6.30. The Balaban J connectivity index is 1.56. The predicted molar refractivity (Wildman–Crippen MR) is 106 cm³/mol. The van der Waals surface area contributed by atoms with Gasteiger partial charge in [-0.2, -0.15) is 13.8 Å². The highest BCUT2D eigenvalue weighted by atomic mass is 35.5. The lowest BCUT2D eigenvalue weighted by atomic mass is 10.2. The van der Waals surface area contributed by atoms with Crippen LogP contribution in [0.2, 0.25) is 5.02 Å². The number of hydrogen-bond acceptors (Lipinski definition) is 7. The van der Waals surface area contributed by atoms with Gasteiger partial charge in [-0.25, -0.2) is 0 Å². The molecule has 7 nitrogen and oxygen atoms in total. The zero-order valence-corrected chi connectivity index (χ0v) is 17.1. The number of ether oxygens (including phenoxy) is 3. The molecule has 0 radical (unpaired) electrons. The number of alkyl halides is 2. The zero-order valence-electron chi connectivity index (χ0n) is 16.3. The Bertz CT molecular complexity index is 971. The molecule has 0 unspecified atom stereocenters. The molecule has 0 aliphatic rings. The lowest BCUT2D eigenvalue weighted by Gasteiger charge is -2.14. The Morgan fingerprint density at radius 2 is 2.00 bits per heavy atom. The summed E-state index contributed by atoms with van der Waals surface area (Å²) >= 11 is 5.93. The number of rotatable bonds is 10. The topological polar surface area (TPSA) is 69.9 Å². The molecule has 0 saturated heterocycles. The molecule has 160 valence electrons. The van der Waals surface area contributed by atoms with Crippen LogP contribution in [0.5, 0.6) is 17.2 Å². The Labute approximate surface area is 177 Å². The van der Waals surface area contributed by atoms with Gasteiger partial charge in [-0.15, -0.1) is 0 Å². The molecule has 10 heteroatoms. The van der Waals surface area contributed by atoms with Gasteiger partial charge < -0.3 is 18.7 Å². The third kappa shape index (κ3) is 6.04. The van der Waals surface area contributed by atoms with E-state index in [1.165, 1.54) is 19.2 Å². The molecule has 1 aromatic heterocycles. The van der Waals surface area contributed by atoms with E-state index in [-0.39, 0.29) is 11.5 Å². The number of halogens is 3. The second kappa shape index (κ2) is 10.2. The van der Waals surface area contributed by atoms with Crippen LogP contribution < -0.4 is 14.2 Å². The average molecular weight is 440 g/mol. The van der Waals surface area contributed by atoms with Crippen LogP contribution in [0.15, 0.2) is 47.0 Å². The first-order chi connectivity index (χ1) is 14.4. The van der Waals surface area contributed by atoms with Crippen LogP contribution in [0, 0.1) is 0 Å². The second-order valence-corrected chi connectivity index (χ2v) is 6.74. The molecule has 0 N–H and O–H groups in total. The maximum atomic E-state index is 12.5. The minimum atomic E-state index is -2.94. The molecule has 0 aliphatic heterocycles. The molecule has 0 bridgehead atoms. The zero-order chi connectivity index (χ0) is 21.5. The van der Waals surface area contributed by atoms with Crippen LogP contribution in [0.4, 0.5) is 8.78 Å². The molecule has 3 rings (SSSR count). The quantitative estimate of drug-likeness (QED) is 0.460. The monoisotopic (exact) mass is 439 g/mol. The number of nitrogens with zero attached hydrogens (tertiary/aromatic N) is 3. The summed E-state index contributed by atoms with van der Waals surface area (Å²) in [6.45, 7) is -1.45. The van der Waals surface area contributed by atoms with Crippen molar-refractivity contribution in [1.82, 2.24) is 15.0 Å². The van der Waals surface area contributed by atoms with Crippen molar-refractivity contribution in [3.63, 3.8) is 0 Å². The third-order valence-corrected chi connectivity index (χ3v) is 4.28. The van der Waals surface area contributed by atoms with Crippen LogP contribution in [0.25, 0.3) is 11.4 Å². The van der Waals surface area contributed by atoms with Gasteiger partial charge in [-0.05, 0) is 43.4 Å². The molecule has 30 heavy (non-hydrogen) atoms. The van der Waals surface area contributed by atoms with Crippen molar-refractivity contribution in [1.29, 1.82) is 0 Å². The summed E-state index contributed by atoms with van der Waals surface area (Å²) in [5, 5.41) is 4.56. The summed E-state index contributed by atoms with van der Waals surface area (Å²) in [4.78, 5) is 6.30. The largest absolute Gasteiger partial charge is 0.493 e. The number of methoxy groups -OCH3 is 1. The first-order valence-corrected chi connectivity index (χ1v) is 9.35. The van der Waals surface area contributed by atoms with Crippen molar-refractivity contribution in [2.45, 2.75) is 13.2 Å². The molecule has 3 aromatic rings. The average Bonchev–Trinajstić information content (AvgIpc) is 3.16. The van der Waals surface area contributed by atoms with Crippen LogP contribution in [-0.4, -0.2) is 49.0 Å². The Morgan fingerprint density at radius 3 is 2.73 bits per heavy atom. The maximum absolute atomic E-state index is 12.5. The molecule has 0 aliphatic carbocycles. The van der Waals surface area contributed by atoms with Gasteiger partial charge in [0.2, 0.25) is 11.7 Å². The highest BCUT2D eigenvalue weighted by molar-refractivity contribution is 6.30. The van der Waals surface area contributed by atoms with E-state index in [1.54, 1.807) is 18.2 Å². The van der Waals surface area contributed by atoms with Gasteiger partial charge in [0, 0.05) is 17.1 Å². The van der Waals surface area contributed by atoms with Crippen molar-refractivity contribution in [2.75, 3.05) is 27.3 Å². The summed E-state index contributed by atoms with van der Waals surface area (Å²) in [6.07, 6.45) is 0. The summed E-state index contributed by atoms with van der Waals surface area (Å²) in [5.41, 5.74) is 0.551. The molecule has 0 fully saturated rings. The predicted octanol–water partition coefficient (Wildman–Crippen LogP) is 4.51. The molecule has 0 saturated carbocycles. The highest BCUT2D eigenvalue weighted by Crippen LogP contribution is 2.32. The number of likely N-dealkylation sites (N-methyl/N-ethyl adjacent to an activating group) is 1. The molecule has 0 atom stereocenters. The fourth-order valence-corrected chi connectivity index (χ4v) is 2.80. The molecular formula is C20H20ClF2N3O4. The van der Waals surface area contributed by atoms with Crippen molar-refractivity contribution in [2.24, 2.45) is 0 Å². The summed E-state index contributed by atoms with van der Waals surface area (Å²) in [5.74, 6) is 1.50. The maximum Gasteiger partial charge on any atom is 0.387 e. The molecular weight excluding hydrogens is 420 g/mol. The van der Waals surface area contributed by atoms with Gasteiger partial charge in [0.25, 0.3) is 0 Å². The summed E-state index contributed by atoms with van der Waals surface area (Å²) < 4.78 is 45.4. The van der Waals surface area contributed by atoms with Crippen LogP contribution in [-0.2, 0) is 6.54 Å². The van der Waals surface area contributed by atoms with E-state index < -0.39 is 6.61 Å². The van der Waals surface area contributed by atoms with E-state index in [4.69, 9.17) is 25.6 Å². The molecule has 2 aromatic carbocycles. The SMILES string of the molecule is COc1cc(-c2noc(CN(C)CCOc3cccc(Cl)c3)n2)ccc1OC(F)F. The van der Waals surface area contributed by atoms with Gasteiger partial charge in [0.15, 0.2) is 11.5 Å². The van der Waals surface area contributed by atoms with Crippen LogP contribution in [0.1, 0.15) is 5.89 Å². The number of hydrogen-bond donors (Lipinski definition) is 0. The molecule has 0 spiro atoms. The lowest BCUT2D eigenvalue weighted by molar-refractivity contribution is -0.0512. The number of aromatic nitrogens is 2. The van der Waals surface area contributed by atoms with Gasteiger partial charge in [0.05, 0.1) is 13.7 Å². The Kier molecular flexibility index (Phi) is 7.42. The lowest BCUT2D eigenvalue weighted by Crippen LogP contribution is -2.24. The first kappa shape index (κ1) is 21.8.